The molecule has 3 atom stereocenters. The molecule has 0 amide bonds. The van der Waals surface area contributed by atoms with Crippen LogP contribution >= 0.6 is 23.2 Å². The summed E-state index contributed by atoms with van der Waals surface area (Å²) in [5, 5.41) is 11.9. The number of benzene rings is 2. The van der Waals surface area contributed by atoms with E-state index in [9.17, 15) is 9.90 Å². The monoisotopic (exact) mass is 440 g/mol. The zero-order valence-electron chi connectivity index (χ0n) is 16.3. The van der Waals surface area contributed by atoms with Gasteiger partial charge in [0.2, 0.25) is 0 Å². The minimum atomic E-state index is -1.16. The summed E-state index contributed by atoms with van der Waals surface area (Å²) in [5.41, 5.74) is 1.83. The van der Waals surface area contributed by atoms with Crippen LogP contribution in [0.25, 0.3) is 0 Å². The maximum atomic E-state index is 11.4. The van der Waals surface area contributed by atoms with Gasteiger partial charge in [0.15, 0.2) is 6.29 Å². The largest absolute Gasteiger partial charge is 0.387 e. The molecule has 2 rings (SSSR count). The molecule has 0 fully saturated rings. The first-order chi connectivity index (χ1) is 14.0. The van der Waals surface area contributed by atoms with Crippen molar-refractivity contribution in [3.63, 3.8) is 0 Å². The van der Waals surface area contributed by atoms with Gasteiger partial charge in [-0.15, -0.1) is 0 Å². The van der Waals surface area contributed by atoms with Crippen LogP contribution in [0.1, 0.15) is 24.5 Å². The van der Waals surface area contributed by atoms with Crippen molar-refractivity contribution in [2.24, 2.45) is 0 Å². The van der Waals surface area contributed by atoms with Crippen LogP contribution in [0.4, 0.5) is 0 Å². The molecule has 0 heterocycles. The highest BCUT2D eigenvalue weighted by Crippen LogP contribution is 2.15. The average Bonchev–Trinajstić information content (AvgIpc) is 2.73. The zero-order valence-corrected chi connectivity index (χ0v) is 17.8. The second kappa shape index (κ2) is 13.0. The van der Waals surface area contributed by atoms with Gasteiger partial charge in [-0.2, -0.15) is 0 Å². The molecule has 0 aromatic heterocycles. The summed E-state index contributed by atoms with van der Waals surface area (Å²) in [4.78, 5) is 11.4. The number of halogens is 2. The van der Waals surface area contributed by atoms with Crippen LogP contribution in [0.2, 0.25) is 10.0 Å². The van der Waals surface area contributed by atoms with E-state index in [1.54, 1.807) is 24.3 Å². The molecule has 2 aromatic carbocycles. The van der Waals surface area contributed by atoms with Gasteiger partial charge in [0, 0.05) is 16.7 Å². The summed E-state index contributed by atoms with van der Waals surface area (Å²) >= 11 is 11.8. The first-order valence-corrected chi connectivity index (χ1v) is 10.2. The molecule has 0 aliphatic heterocycles. The molecule has 29 heavy (non-hydrogen) atoms. The average molecular weight is 441 g/mol. The van der Waals surface area contributed by atoms with Gasteiger partial charge >= 0.3 is 0 Å². The number of aliphatic hydroxyl groups is 1. The lowest BCUT2D eigenvalue weighted by molar-refractivity contribution is -0.149. The summed E-state index contributed by atoms with van der Waals surface area (Å²) < 4.78 is 17.0. The molecular formula is C22H26Cl2O5. The highest BCUT2D eigenvalue weighted by molar-refractivity contribution is 6.30. The summed E-state index contributed by atoms with van der Waals surface area (Å²) in [6.45, 7) is 2.96. The molecule has 158 valence electrons. The van der Waals surface area contributed by atoms with Crippen molar-refractivity contribution in [3.05, 3.63) is 69.7 Å². The van der Waals surface area contributed by atoms with Crippen LogP contribution < -0.4 is 0 Å². The molecule has 2 aromatic rings. The number of carbonyl (C=O) groups excluding carboxylic acids is 1. The molecule has 0 unspecified atom stereocenters. The Bertz CT molecular complexity index is 721. The van der Waals surface area contributed by atoms with Crippen LogP contribution in [0.15, 0.2) is 48.5 Å². The first kappa shape index (κ1) is 23.8. The normalized spacial score (nSPS) is 14.3. The molecule has 0 spiro atoms. The van der Waals surface area contributed by atoms with E-state index in [1.807, 2.05) is 31.2 Å². The lowest BCUT2D eigenvalue weighted by atomic mass is 10.1. The summed E-state index contributed by atoms with van der Waals surface area (Å²) in [5.74, 6) is 0. The van der Waals surface area contributed by atoms with Gasteiger partial charge in [0.25, 0.3) is 0 Å². The third kappa shape index (κ3) is 8.42. The minimum Gasteiger partial charge on any atom is -0.387 e. The summed E-state index contributed by atoms with van der Waals surface area (Å²) in [7, 11) is 0. The lowest BCUT2D eigenvalue weighted by Gasteiger charge is -2.27. The van der Waals surface area contributed by atoms with E-state index in [1.165, 1.54) is 0 Å². The van der Waals surface area contributed by atoms with E-state index in [0.717, 1.165) is 17.5 Å². The van der Waals surface area contributed by atoms with Crippen LogP contribution in [-0.2, 0) is 32.2 Å². The van der Waals surface area contributed by atoms with Gasteiger partial charge in [-0.3, -0.25) is 0 Å². The lowest BCUT2D eigenvalue weighted by Crippen LogP contribution is -2.44. The Balaban J connectivity index is 1.98. The van der Waals surface area contributed by atoms with Crippen LogP contribution in [0.3, 0.4) is 0 Å². The van der Waals surface area contributed by atoms with Crippen molar-refractivity contribution in [2.45, 2.75) is 44.9 Å². The number of aliphatic hydroxyl groups excluding tert-OH is 1. The van der Waals surface area contributed by atoms with E-state index >= 15 is 0 Å². The smallest absolute Gasteiger partial charge is 0.151 e. The first-order valence-electron chi connectivity index (χ1n) is 9.46. The van der Waals surface area contributed by atoms with E-state index in [0.29, 0.717) is 29.5 Å². The fourth-order valence-electron chi connectivity index (χ4n) is 2.59. The highest BCUT2D eigenvalue weighted by Gasteiger charge is 2.29. The molecule has 0 aliphatic rings. The molecular weight excluding hydrogens is 415 g/mol. The van der Waals surface area contributed by atoms with Crippen molar-refractivity contribution in [3.8, 4) is 0 Å². The van der Waals surface area contributed by atoms with E-state index in [-0.39, 0.29) is 13.2 Å². The van der Waals surface area contributed by atoms with E-state index in [2.05, 4.69) is 0 Å². The second-order valence-electron chi connectivity index (χ2n) is 6.58. The van der Waals surface area contributed by atoms with Crippen LogP contribution in [0.5, 0.6) is 0 Å². The molecule has 0 aliphatic carbocycles. The predicted octanol–water partition coefficient (Wildman–Crippen LogP) is 4.45. The quantitative estimate of drug-likeness (QED) is 0.466. The molecule has 5 nitrogen and oxygen atoms in total. The SMILES string of the molecule is CCCO[C@H](C=O)[C@H](O)[C@@H](COCc1ccc(Cl)cc1)OCc1ccc(Cl)cc1. The van der Waals surface area contributed by atoms with Crippen molar-refractivity contribution in [1.82, 2.24) is 0 Å². The summed E-state index contributed by atoms with van der Waals surface area (Å²) in [6, 6.07) is 14.5. The standard InChI is InChI=1S/C22H26Cl2O5/c1-2-11-28-20(12-25)22(26)21(29-14-17-5-9-19(24)10-6-17)15-27-13-16-3-7-18(23)8-4-16/h3-10,12,20-22,26H,2,11,13-15H2,1H3/t20-,21-,22+/m1/s1. The van der Waals surface area contributed by atoms with Crippen molar-refractivity contribution >= 4 is 29.5 Å². The molecule has 0 bridgehead atoms. The Labute approximate surface area is 181 Å². The van der Waals surface area contributed by atoms with Crippen molar-refractivity contribution < 1.29 is 24.1 Å². The number of ether oxygens (including phenoxy) is 3. The number of aldehydes is 1. The van der Waals surface area contributed by atoms with Crippen molar-refractivity contribution in [1.29, 1.82) is 0 Å². The van der Waals surface area contributed by atoms with E-state index < -0.39 is 18.3 Å². The fourth-order valence-corrected chi connectivity index (χ4v) is 2.84. The number of hydrogen-bond donors (Lipinski definition) is 1. The Morgan fingerprint density at radius 3 is 2.00 bits per heavy atom. The van der Waals surface area contributed by atoms with E-state index in [4.69, 9.17) is 37.4 Å². The zero-order chi connectivity index (χ0) is 21.1. The Hall–Kier alpha value is -1.47. The van der Waals surface area contributed by atoms with Crippen LogP contribution in [0, 0.1) is 0 Å². The minimum absolute atomic E-state index is 0.0945. The van der Waals surface area contributed by atoms with Gasteiger partial charge in [-0.1, -0.05) is 54.4 Å². The maximum Gasteiger partial charge on any atom is 0.151 e. The third-order valence-electron chi connectivity index (χ3n) is 4.21. The molecule has 1 N–H and O–H groups in total. The number of hydrogen-bond acceptors (Lipinski definition) is 5. The molecule has 7 heteroatoms. The number of rotatable bonds is 13. The van der Waals surface area contributed by atoms with Gasteiger partial charge in [-0.05, 0) is 41.8 Å². The van der Waals surface area contributed by atoms with Gasteiger partial charge in [0.05, 0.1) is 19.8 Å². The fraction of sp³-hybridized carbons (Fsp3) is 0.409. The second-order valence-corrected chi connectivity index (χ2v) is 7.45. The Kier molecular flexibility index (Phi) is 10.6. The maximum absolute atomic E-state index is 11.4. The topological polar surface area (TPSA) is 65.0 Å². The third-order valence-corrected chi connectivity index (χ3v) is 4.71. The van der Waals surface area contributed by atoms with Gasteiger partial charge < -0.3 is 24.1 Å². The number of carbonyl (C=O) groups is 1. The van der Waals surface area contributed by atoms with Crippen LogP contribution in [-0.4, -0.2) is 42.9 Å². The van der Waals surface area contributed by atoms with Crippen molar-refractivity contribution in [2.75, 3.05) is 13.2 Å². The molecule has 0 saturated heterocycles. The van der Waals surface area contributed by atoms with Gasteiger partial charge in [-0.25, -0.2) is 0 Å². The molecule has 0 saturated carbocycles. The Morgan fingerprint density at radius 1 is 0.931 bits per heavy atom. The summed E-state index contributed by atoms with van der Waals surface area (Å²) in [6.07, 6.45) is -1.55. The predicted molar refractivity (Wildman–Crippen MR) is 113 cm³/mol. The van der Waals surface area contributed by atoms with Gasteiger partial charge in [0.1, 0.15) is 18.3 Å². The molecule has 0 radical (unpaired) electrons. The Morgan fingerprint density at radius 2 is 1.48 bits per heavy atom. The highest BCUT2D eigenvalue weighted by atomic mass is 35.5.